The van der Waals surface area contributed by atoms with Crippen LogP contribution in [0.1, 0.15) is 27.2 Å². The third-order valence-electron chi connectivity index (χ3n) is 3.73. The fourth-order valence-electron chi connectivity index (χ4n) is 2.36. The van der Waals surface area contributed by atoms with Gasteiger partial charge in [0.15, 0.2) is 0 Å². The Morgan fingerprint density at radius 2 is 2.08 bits per heavy atom. The maximum atomic E-state index is 9.78. The topological polar surface area (TPSA) is 23.5 Å². The van der Waals surface area contributed by atoms with Crippen LogP contribution in [0.3, 0.4) is 0 Å². The maximum absolute atomic E-state index is 9.78. The molecule has 2 rings (SSSR count). The van der Waals surface area contributed by atoms with Gasteiger partial charge in [-0.25, -0.2) is 0 Å². The predicted molar refractivity (Wildman–Crippen MR) is 53.5 cm³/mol. The lowest BCUT2D eigenvalue weighted by Crippen LogP contribution is -2.26. The SMILES string of the molecule is CC1CC1CN1CC(O)C(C)(C)C1. The van der Waals surface area contributed by atoms with Crippen molar-refractivity contribution in [2.45, 2.75) is 33.3 Å². The molecule has 0 aromatic carbocycles. The van der Waals surface area contributed by atoms with Crippen molar-refractivity contribution >= 4 is 0 Å². The molecule has 76 valence electrons. The molecule has 2 nitrogen and oxygen atoms in total. The van der Waals surface area contributed by atoms with Gasteiger partial charge in [0.1, 0.15) is 0 Å². The van der Waals surface area contributed by atoms with E-state index in [-0.39, 0.29) is 11.5 Å². The molecule has 2 fully saturated rings. The monoisotopic (exact) mass is 183 g/mol. The van der Waals surface area contributed by atoms with E-state index in [9.17, 15) is 5.11 Å². The Hall–Kier alpha value is -0.0800. The van der Waals surface area contributed by atoms with Crippen molar-refractivity contribution in [2.24, 2.45) is 17.3 Å². The second kappa shape index (κ2) is 2.96. The lowest BCUT2D eigenvalue weighted by molar-refractivity contribution is 0.0955. The molecule has 1 aliphatic heterocycles. The van der Waals surface area contributed by atoms with Crippen LogP contribution in [0.5, 0.6) is 0 Å². The van der Waals surface area contributed by atoms with Gasteiger partial charge in [0.2, 0.25) is 0 Å². The van der Waals surface area contributed by atoms with Crippen molar-refractivity contribution < 1.29 is 5.11 Å². The number of aliphatic hydroxyl groups is 1. The predicted octanol–water partition coefficient (Wildman–Crippen LogP) is 1.35. The van der Waals surface area contributed by atoms with Gasteiger partial charge in [-0.1, -0.05) is 20.8 Å². The number of nitrogens with zero attached hydrogens (tertiary/aromatic N) is 1. The minimum absolute atomic E-state index is 0.109. The Labute approximate surface area is 80.9 Å². The lowest BCUT2D eigenvalue weighted by atomic mass is 9.90. The van der Waals surface area contributed by atoms with Crippen molar-refractivity contribution in [3.05, 3.63) is 0 Å². The summed E-state index contributed by atoms with van der Waals surface area (Å²) in [5, 5.41) is 9.78. The largest absolute Gasteiger partial charge is 0.391 e. The Kier molecular flexibility index (Phi) is 2.16. The van der Waals surface area contributed by atoms with Crippen LogP contribution in [0.2, 0.25) is 0 Å². The molecule has 0 bridgehead atoms. The van der Waals surface area contributed by atoms with E-state index in [0.717, 1.165) is 24.9 Å². The van der Waals surface area contributed by atoms with Crippen molar-refractivity contribution in [1.29, 1.82) is 0 Å². The van der Waals surface area contributed by atoms with Gasteiger partial charge >= 0.3 is 0 Å². The van der Waals surface area contributed by atoms with Gasteiger partial charge < -0.3 is 5.11 Å². The number of hydrogen-bond donors (Lipinski definition) is 1. The van der Waals surface area contributed by atoms with Crippen molar-refractivity contribution in [3.63, 3.8) is 0 Å². The molecule has 2 heteroatoms. The van der Waals surface area contributed by atoms with Crippen LogP contribution in [0.25, 0.3) is 0 Å². The number of aliphatic hydroxyl groups excluding tert-OH is 1. The summed E-state index contributed by atoms with van der Waals surface area (Å²) in [4.78, 5) is 2.43. The van der Waals surface area contributed by atoms with Crippen LogP contribution in [-0.2, 0) is 0 Å². The normalized spacial score (nSPS) is 43.8. The molecule has 0 radical (unpaired) electrons. The first-order valence-electron chi connectivity index (χ1n) is 5.39. The van der Waals surface area contributed by atoms with Crippen LogP contribution in [0.4, 0.5) is 0 Å². The second-order valence-corrected chi connectivity index (χ2v) is 5.67. The van der Waals surface area contributed by atoms with E-state index in [1.54, 1.807) is 0 Å². The van der Waals surface area contributed by atoms with Crippen LogP contribution < -0.4 is 0 Å². The van der Waals surface area contributed by atoms with E-state index >= 15 is 0 Å². The Bertz CT molecular complexity index is 202. The van der Waals surface area contributed by atoms with Gasteiger partial charge in [-0.3, -0.25) is 4.90 Å². The summed E-state index contributed by atoms with van der Waals surface area (Å²) in [5.41, 5.74) is 0.109. The maximum Gasteiger partial charge on any atom is 0.0730 e. The Morgan fingerprint density at radius 3 is 2.46 bits per heavy atom. The van der Waals surface area contributed by atoms with E-state index in [1.165, 1.54) is 13.0 Å². The zero-order valence-electron chi connectivity index (χ0n) is 8.95. The summed E-state index contributed by atoms with van der Waals surface area (Å²) in [5.74, 6) is 1.85. The molecule has 1 heterocycles. The number of likely N-dealkylation sites (tertiary alicyclic amines) is 1. The first-order valence-corrected chi connectivity index (χ1v) is 5.39. The second-order valence-electron chi connectivity index (χ2n) is 5.67. The molecule has 1 saturated carbocycles. The van der Waals surface area contributed by atoms with Crippen LogP contribution in [0, 0.1) is 17.3 Å². The van der Waals surface area contributed by atoms with Gasteiger partial charge in [0.25, 0.3) is 0 Å². The quantitative estimate of drug-likeness (QED) is 0.698. The molecular formula is C11H21NO. The molecule has 0 aromatic heterocycles. The number of hydrogen-bond acceptors (Lipinski definition) is 2. The number of β-amino-alcohol motifs (C(OH)–C–C–N with tert-alkyl or cyclic N) is 1. The first-order chi connectivity index (χ1) is 5.99. The van der Waals surface area contributed by atoms with Crippen LogP contribution in [-0.4, -0.2) is 35.7 Å². The lowest BCUT2D eigenvalue weighted by Gasteiger charge is -2.21. The molecule has 13 heavy (non-hydrogen) atoms. The highest BCUT2D eigenvalue weighted by Gasteiger charge is 2.41. The Balaban J connectivity index is 1.84. The molecule has 1 saturated heterocycles. The molecule has 3 atom stereocenters. The summed E-state index contributed by atoms with van der Waals surface area (Å²) in [6, 6.07) is 0. The van der Waals surface area contributed by atoms with Crippen molar-refractivity contribution in [1.82, 2.24) is 4.90 Å². The summed E-state index contributed by atoms with van der Waals surface area (Å²) < 4.78 is 0. The first kappa shape index (κ1) is 9.47. The van der Waals surface area contributed by atoms with Gasteiger partial charge in [0.05, 0.1) is 6.10 Å². The summed E-state index contributed by atoms with van der Waals surface area (Å²) >= 11 is 0. The van der Waals surface area contributed by atoms with Crippen molar-refractivity contribution in [2.75, 3.05) is 19.6 Å². The fraction of sp³-hybridized carbons (Fsp3) is 1.00. The van der Waals surface area contributed by atoms with Gasteiger partial charge in [-0.2, -0.15) is 0 Å². The molecule has 0 spiro atoms. The molecule has 0 amide bonds. The smallest absolute Gasteiger partial charge is 0.0730 e. The van der Waals surface area contributed by atoms with Crippen LogP contribution >= 0.6 is 0 Å². The summed E-state index contributed by atoms with van der Waals surface area (Å²) in [6.07, 6.45) is 1.27. The average Bonchev–Trinajstić information content (AvgIpc) is 2.57. The third kappa shape index (κ3) is 1.89. The average molecular weight is 183 g/mol. The molecule has 2 aliphatic rings. The number of rotatable bonds is 2. The molecular weight excluding hydrogens is 162 g/mol. The summed E-state index contributed by atoms with van der Waals surface area (Å²) in [7, 11) is 0. The fourth-order valence-corrected chi connectivity index (χ4v) is 2.36. The summed E-state index contributed by atoms with van der Waals surface area (Å²) in [6.45, 7) is 9.81. The zero-order chi connectivity index (χ0) is 9.64. The highest BCUT2D eigenvalue weighted by Crippen LogP contribution is 2.40. The molecule has 0 aromatic rings. The van der Waals surface area contributed by atoms with E-state index in [0.29, 0.717) is 0 Å². The zero-order valence-corrected chi connectivity index (χ0v) is 8.95. The minimum Gasteiger partial charge on any atom is -0.391 e. The van der Waals surface area contributed by atoms with Gasteiger partial charge in [-0.15, -0.1) is 0 Å². The van der Waals surface area contributed by atoms with Crippen molar-refractivity contribution in [3.8, 4) is 0 Å². The van der Waals surface area contributed by atoms with Crippen LogP contribution in [0.15, 0.2) is 0 Å². The standard InChI is InChI=1S/C11H21NO/c1-8-4-9(8)5-12-6-10(13)11(2,3)7-12/h8-10,13H,4-7H2,1-3H3. The minimum atomic E-state index is -0.124. The Morgan fingerprint density at radius 1 is 1.46 bits per heavy atom. The highest BCUT2D eigenvalue weighted by atomic mass is 16.3. The molecule has 1 aliphatic carbocycles. The van der Waals surface area contributed by atoms with E-state index in [1.807, 2.05) is 0 Å². The third-order valence-corrected chi connectivity index (χ3v) is 3.73. The molecule has 3 unspecified atom stereocenters. The van der Waals surface area contributed by atoms with E-state index < -0.39 is 0 Å². The molecule has 1 N–H and O–H groups in total. The van der Waals surface area contributed by atoms with E-state index in [4.69, 9.17) is 0 Å². The van der Waals surface area contributed by atoms with Gasteiger partial charge in [-0.05, 0) is 18.3 Å². The van der Waals surface area contributed by atoms with E-state index in [2.05, 4.69) is 25.7 Å². The van der Waals surface area contributed by atoms with Gasteiger partial charge in [0, 0.05) is 25.0 Å². The highest BCUT2D eigenvalue weighted by molar-refractivity contribution is 4.94.